The van der Waals surface area contributed by atoms with E-state index < -0.39 is 0 Å². The summed E-state index contributed by atoms with van der Waals surface area (Å²) in [5.74, 6) is 0. The molecule has 0 saturated carbocycles. The van der Waals surface area contributed by atoms with Crippen LogP contribution in [0.15, 0.2) is 97.2 Å². The van der Waals surface area contributed by atoms with Crippen molar-refractivity contribution in [1.29, 1.82) is 0 Å². The summed E-state index contributed by atoms with van der Waals surface area (Å²) in [7, 11) is 0. The van der Waals surface area contributed by atoms with Crippen molar-refractivity contribution in [2.75, 3.05) is 0 Å². The minimum atomic E-state index is 0.631. The summed E-state index contributed by atoms with van der Waals surface area (Å²) in [6, 6.07) is 30.5. The van der Waals surface area contributed by atoms with Crippen molar-refractivity contribution in [3.63, 3.8) is 0 Å². The molecule has 0 radical (unpaired) electrons. The lowest BCUT2D eigenvalue weighted by Gasteiger charge is -2.07. The quantitative estimate of drug-likeness (QED) is 0.349. The first kappa shape index (κ1) is 17.7. The van der Waals surface area contributed by atoms with E-state index in [4.69, 9.17) is 21.7 Å². The summed E-state index contributed by atoms with van der Waals surface area (Å²) in [5, 5.41) is 6.51. The van der Waals surface area contributed by atoms with Crippen LogP contribution in [0.5, 0.6) is 0 Å². The molecule has 140 valence electrons. The molecule has 29 heavy (non-hydrogen) atoms. The number of hydrogen-bond acceptors (Lipinski definition) is 2. The monoisotopic (exact) mass is 395 g/mol. The number of nitrogens with zero attached hydrogens (tertiary/aromatic N) is 3. The van der Waals surface area contributed by atoms with Crippen molar-refractivity contribution in [2.24, 2.45) is 0 Å². The van der Waals surface area contributed by atoms with Gasteiger partial charge in [-0.25, -0.2) is 0 Å². The minimum Gasteiger partial charge on any atom is -0.258 e. The Kier molecular flexibility index (Phi) is 4.59. The van der Waals surface area contributed by atoms with Gasteiger partial charge in [0.1, 0.15) is 5.69 Å². The first-order valence-electron chi connectivity index (χ1n) is 9.51. The van der Waals surface area contributed by atoms with Crippen LogP contribution in [0.1, 0.15) is 5.56 Å². The third kappa shape index (κ3) is 3.30. The molecule has 0 aliphatic heterocycles. The highest BCUT2D eigenvalue weighted by atomic mass is 35.5. The highest BCUT2D eigenvalue weighted by Gasteiger charge is 2.19. The molecule has 5 rings (SSSR count). The van der Waals surface area contributed by atoms with Gasteiger partial charge in [-0.15, -0.1) is 0 Å². The summed E-state index contributed by atoms with van der Waals surface area (Å²) < 4.78 is 1.99. The molecule has 5 aromatic rings. The fourth-order valence-corrected chi connectivity index (χ4v) is 3.94. The van der Waals surface area contributed by atoms with E-state index in [1.54, 1.807) is 0 Å². The first-order chi connectivity index (χ1) is 14.3. The maximum Gasteiger partial charge on any atom is 0.102 e. The molecule has 0 aliphatic carbocycles. The van der Waals surface area contributed by atoms with E-state index in [-0.39, 0.29) is 0 Å². The molecule has 0 spiro atoms. The summed E-state index contributed by atoms with van der Waals surface area (Å²) in [6.07, 6.45) is 1.88. The van der Waals surface area contributed by atoms with Crippen LogP contribution in [0.4, 0.5) is 0 Å². The molecule has 0 aliphatic rings. The van der Waals surface area contributed by atoms with Gasteiger partial charge in [-0.1, -0.05) is 103 Å². The highest BCUT2D eigenvalue weighted by Crippen LogP contribution is 2.38. The molecule has 4 heteroatoms. The Hall–Kier alpha value is -3.43. The molecule has 0 atom stereocenters. The predicted molar refractivity (Wildman–Crippen MR) is 119 cm³/mol. The Balaban J connectivity index is 1.75. The van der Waals surface area contributed by atoms with Gasteiger partial charge >= 0.3 is 0 Å². The molecule has 0 N–H and O–H groups in total. The number of benzene rings is 3. The number of pyridine rings is 1. The van der Waals surface area contributed by atoms with Crippen LogP contribution in [0.25, 0.3) is 33.4 Å². The zero-order chi connectivity index (χ0) is 19.6. The van der Waals surface area contributed by atoms with Crippen LogP contribution in [-0.2, 0) is 6.54 Å². The highest BCUT2D eigenvalue weighted by molar-refractivity contribution is 6.38. The maximum absolute atomic E-state index is 6.93. The number of aromatic nitrogens is 3. The Morgan fingerprint density at radius 2 is 1.24 bits per heavy atom. The number of fused-ring (bicyclic) bond motifs is 1. The second-order valence-electron chi connectivity index (χ2n) is 6.90. The van der Waals surface area contributed by atoms with Crippen molar-refractivity contribution < 1.29 is 0 Å². The van der Waals surface area contributed by atoms with Gasteiger partial charge in [0.25, 0.3) is 0 Å². The molecule has 0 unspecified atom stereocenters. The molecule has 0 saturated heterocycles. The van der Waals surface area contributed by atoms with Gasteiger partial charge in [-0.2, -0.15) is 5.10 Å². The van der Waals surface area contributed by atoms with Crippen LogP contribution in [0.2, 0.25) is 5.02 Å². The van der Waals surface area contributed by atoms with E-state index >= 15 is 0 Å². The van der Waals surface area contributed by atoms with Crippen LogP contribution in [0, 0.1) is 0 Å². The molecule has 2 heterocycles. The normalized spacial score (nSPS) is 11.1. The van der Waals surface area contributed by atoms with Gasteiger partial charge in [-0.05, 0) is 5.56 Å². The lowest BCUT2D eigenvalue weighted by molar-refractivity contribution is 0.714. The van der Waals surface area contributed by atoms with Crippen molar-refractivity contribution in [3.05, 3.63) is 108 Å². The fourth-order valence-electron chi connectivity index (χ4n) is 3.60. The Morgan fingerprint density at radius 1 is 0.690 bits per heavy atom. The van der Waals surface area contributed by atoms with Gasteiger partial charge in [0, 0.05) is 11.1 Å². The van der Waals surface area contributed by atoms with Crippen molar-refractivity contribution in [3.8, 4) is 22.5 Å². The van der Waals surface area contributed by atoms with Crippen molar-refractivity contribution in [2.45, 2.75) is 6.54 Å². The van der Waals surface area contributed by atoms with Gasteiger partial charge in [-0.3, -0.25) is 9.67 Å². The average molecular weight is 396 g/mol. The van der Waals surface area contributed by atoms with Crippen LogP contribution in [0.3, 0.4) is 0 Å². The van der Waals surface area contributed by atoms with Gasteiger partial charge < -0.3 is 0 Å². The smallest absolute Gasteiger partial charge is 0.102 e. The van der Waals surface area contributed by atoms with Crippen molar-refractivity contribution >= 4 is 22.5 Å². The van der Waals surface area contributed by atoms with E-state index in [9.17, 15) is 0 Å². The lowest BCUT2D eigenvalue weighted by atomic mass is 10.1. The molecule has 0 amide bonds. The molecule has 0 fully saturated rings. The molecule has 3 nitrogen and oxygen atoms in total. The minimum absolute atomic E-state index is 0.631. The Bertz CT molecular complexity index is 1260. The summed E-state index contributed by atoms with van der Waals surface area (Å²) in [6.45, 7) is 0.660. The van der Waals surface area contributed by atoms with E-state index in [2.05, 4.69) is 24.3 Å². The summed E-state index contributed by atoms with van der Waals surface area (Å²) in [5.41, 5.74) is 5.79. The molecular formula is C25H18ClN3. The van der Waals surface area contributed by atoms with E-state index in [1.165, 1.54) is 5.56 Å². The Morgan fingerprint density at radius 3 is 1.86 bits per heavy atom. The zero-order valence-electron chi connectivity index (χ0n) is 15.7. The van der Waals surface area contributed by atoms with Crippen molar-refractivity contribution in [1.82, 2.24) is 14.8 Å². The predicted octanol–water partition coefficient (Wildman–Crippen LogP) is 6.47. The largest absolute Gasteiger partial charge is 0.258 e. The van der Waals surface area contributed by atoms with E-state index in [0.29, 0.717) is 11.6 Å². The Labute approximate surface area is 174 Å². The SMILES string of the molecule is Clc1c(-c2ccccc2)ncc2c1c(-c1ccccc1)nn2Cc1ccccc1. The molecule has 3 aromatic carbocycles. The van der Waals surface area contributed by atoms with E-state index in [1.807, 2.05) is 77.6 Å². The second kappa shape index (κ2) is 7.53. The number of hydrogen-bond donors (Lipinski definition) is 0. The standard InChI is InChI=1S/C25H18ClN3/c26-23-22-21(16-27-25(23)20-14-8-3-9-15-20)29(17-18-10-4-1-5-11-18)28-24(22)19-12-6-2-7-13-19/h1-16H,17H2. The third-order valence-electron chi connectivity index (χ3n) is 5.00. The first-order valence-corrected chi connectivity index (χ1v) is 9.89. The lowest BCUT2D eigenvalue weighted by Crippen LogP contribution is -2.02. The average Bonchev–Trinajstić information content (AvgIpc) is 3.15. The zero-order valence-corrected chi connectivity index (χ0v) is 16.4. The van der Waals surface area contributed by atoms with Gasteiger partial charge in [0.2, 0.25) is 0 Å². The topological polar surface area (TPSA) is 30.7 Å². The van der Waals surface area contributed by atoms with Gasteiger partial charge in [0.05, 0.1) is 34.4 Å². The molecular weight excluding hydrogens is 378 g/mol. The summed E-state index contributed by atoms with van der Waals surface area (Å²) in [4.78, 5) is 4.69. The maximum atomic E-state index is 6.93. The number of rotatable bonds is 4. The van der Waals surface area contributed by atoms with Crippen LogP contribution >= 0.6 is 11.6 Å². The van der Waals surface area contributed by atoms with E-state index in [0.717, 1.165) is 33.4 Å². The van der Waals surface area contributed by atoms with Crippen LogP contribution < -0.4 is 0 Å². The number of halogens is 1. The molecule has 2 aromatic heterocycles. The van der Waals surface area contributed by atoms with Crippen LogP contribution in [-0.4, -0.2) is 14.8 Å². The second-order valence-corrected chi connectivity index (χ2v) is 7.28. The fraction of sp³-hybridized carbons (Fsp3) is 0.0400. The summed E-state index contributed by atoms with van der Waals surface area (Å²) >= 11 is 6.93. The third-order valence-corrected chi connectivity index (χ3v) is 5.37. The van der Waals surface area contributed by atoms with Gasteiger partial charge in [0.15, 0.2) is 0 Å². The molecule has 0 bridgehead atoms.